The molecule has 1 rings (SSSR count). The zero-order valence-corrected chi connectivity index (χ0v) is 8.51. The molecule has 1 aromatic rings. The van der Waals surface area contributed by atoms with Crippen molar-refractivity contribution >= 4 is 21.7 Å². The van der Waals surface area contributed by atoms with Crippen molar-refractivity contribution in [2.45, 2.75) is 25.7 Å². The average molecular weight is 187 g/mol. The average Bonchev–Trinajstić information content (AvgIpc) is 1.97. The third kappa shape index (κ3) is 1.91. The van der Waals surface area contributed by atoms with E-state index in [0.717, 1.165) is 4.90 Å². The fourth-order valence-corrected chi connectivity index (χ4v) is 1.92. The monoisotopic (exact) mass is 186 g/mol. The molecule has 0 fully saturated rings. The first-order valence-corrected chi connectivity index (χ1v) is 5.16. The summed E-state index contributed by atoms with van der Waals surface area (Å²) in [4.78, 5) is 1.16. The summed E-state index contributed by atoms with van der Waals surface area (Å²) < 4.78 is 0. The van der Waals surface area contributed by atoms with Gasteiger partial charge in [-0.2, -0.15) is 0 Å². The largest absolute Gasteiger partial charge is 0.0550 e. The van der Waals surface area contributed by atoms with Crippen molar-refractivity contribution in [3.8, 4) is 0 Å². The lowest BCUT2D eigenvalue weighted by molar-refractivity contribution is 1.21. The van der Waals surface area contributed by atoms with Gasteiger partial charge in [0.25, 0.3) is 0 Å². The normalized spacial score (nSPS) is 10.2. The summed E-state index contributed by atoms with van der Waals surface area (Å²) in [5.41, 5.74) is 3.89. The van der Waals surface area contributed by atoms with Gasteiger partial charge in [0.05, 0.1) is 0 Å². The van der Waals surface area contributed by atoms with Crippen LogP contribution in [0, 0.1) is 20.8 Å². The Labute approximate surface area is 76.5 Å². The predicted octanol–water partition coefficient (Wildman–Crippen LogP) is 3.86. The Hall–Kier alpha value is -0.140. The molecule has 60 valence electrons. The van der Waals surface area contributed by atoms with Crippen LogP contribution in [0.4, 0.5) is 0 Å². The molecular formula is C9H11ClS. The Bertz CT molecular complexity index is 269. The van der Waals surface area contributed by atoms with Crippen molar-refractivity contribution in [3.63, 3.8) is 0 Å². The van der Waals surface area contributed by atoms with Crippen LogP contribution in [0.3, 0.4) is 0 Å². The first-order valence-electron chi connectivity index (χ1n) is 3.51. The van der Waals surface area contributed by atoms with Crippen molar-refractivity contribution in [2.24, 2.45) is 0 Å². The van der Waals surface area contributed by atoms with Gasteiger partial charge in [-0.25, -0.2) is 0 Å². The van der Waals surface area contributed by atoms with E-state index in [1.807, 2.05) is 0 Å². The third-order valence-corrected chi connectivity index (χ3v) is 2.98. The van der Waals surface area contributed by atoms with E-state index in [1.54, 1.807) is 0 Å². The quantitative estimate of drug-likeness (QED) is 0.642. The Morgan fingerprint density at radius 2 is 1.55 bits per heavy atom. The molecule has 0 aliphatic carbocycles. The minimum atomic E-state index is 1.16. The highest BCUT2D eigenvalue weighted by Crippen LogP contribution is 2.27. The molecule has 0 amide bonds. The molecule has 0 saturated heterocycles. The number of aryl methyl sites for hydroxylation is 3. The van der Waals surface area contributed by atoms with Crippen LogP contribution in [0.15, 0.2) is 17.0 Å². The van der Waals surface area contributed by atoms with Crippen molar-refractivity contribution in [2.75, 3.05) is 0 Å². The molecule has 0 heterocycles. The van der Waals surface area contributed by atoms with E-state index in [4.69, 9.17) is 10.7 Å². The lowest BCUT2D eigenvalue weighted by Gasteiger charge is -2.05. The van der Waals surface area contributed by atoms with Crippen LogP contribution in [0.25, 0.3) is 0 Å². The number of hydrogen-bond acceptors (Lipinski definition) is 1. The minimum absolute atomic E-state index is 1.16. The van der Waals surface area contributed by atoms with Crippen LogP contribution in [0.2, 0.25) is 0 Å². The third-order valence-electron chi connectivity index (χ3n) is 1.87. The van der Waals surface area contributed by atoms with E-state index in [0.29, 0.717) is 0 Å². The summed E-state index contributed by atoms with van der Waals surface area (Å²) in [6, 6.07) is 4.29. The fourth-order valence-electron chi connectivity index (χ4n) is 1.02. The van der Waals surface area contributed by atoms with Gasteiger partial charge in [0, 0.05) is 4.90 Å². The summed E-state index contributed by atoms with van der Waals surface area (Å²) in [6.07, 6.45) is 0. The zero-order chi connectivity index (χ0) is 8.43. The lowest BCUT2D eigenvalue weighted by atomic mass is 10.1. The van der Waals surface area contributed by atoms with Crippen LogP contribution in [0.5, 0.6) is 0 Å². The van der Waals surface area contributed by atoms with Gasteiger partial charge in [-0.15, -0.1) is 0 Å². The van der Waals surface area contributed by atoms with E-state index < -0.39 is 0 Å². The molecule has 0 aliphatic rings. The maximum atomic E-state index is 5.67. The molecule has 0 bridgehead atoms. The standard InChI is InChI=1S/C9H11ClS/c1-6-4-8(3)9(11-10)5-7(6)2/h4-5H,1-3H3. The first-order chi connectivity index (χ1) is 5.15. The van der Waals surface area contributed by atoms with Crippen molar-refractivity contribution in [3.05, 3.63) is 28.8 Å². The van der Waals surface area contributed by atoms with Crippen LogP contribution in [-0.2, 0) is 0 Å². The van der Waals surface area contributed by atoms with Gasteiger partial charge in [0.15, 0.2) is 0 Å². The molecule has 0 unspecified atom stereocenters. The molecule has 0 radical (unpaired) electrons. The maximum absolute atomic E-state index is 5.67. The first kappa shape index (κ1) is 8.95. The van der Waals surface area contributed by atoms with Gasteiger partial charge in [0.2, 0.25) is 0 Å². The number of hydrogen-bond donors (Lipinski definition) is 0. The molecule has 2 heteroatoms. The molecule has 1 aromatic carbocycles. The predicted molar refractivity (Wildman–Crippen MR) is 52.4 cm³/mol. The van der Waals surface area contributed by atoms with Gasteiger partial charge in [-0.05, 0) is 65.2 Å². The maximum Gasteiger partial charge on any atom is 0.0265 e. The molecule has 0 saturated carbocycles. The SMILES string of the molecule is Cc1cc(C)c(SCl)cc1C. The van der Waals surface area contributed by atoms with E-state index in [1.165, 1.54) is 27.7 Å². The van der Waals surface area contributed by atoms with Gasteiger partial charge in [0.1, 0.15) is 0 Å². The summed E-state index contributed by atoms with van der Waals surface area (Å²) >= 11 is 0. The molecule has 0 N–H and O–H groups in total. The second-order valence-electron chi connectivity index (χ2n) is 2.78. The number of benzene rings is 1. The number of rotatable bonds is 1. The smallest absolute Gasteiger partial charge is 0.0265 e. The van der Waals surface area contributed by atoms with E-state index in [2.05, 4.69) is 32.9 Å². The van der Waals surface area contributed by atoms with Gasteiger partial charge in [-0.1, -0.05) is 6.07 Å². The van der Waals surface area contributed by atoms with Crippen molar-refractivity contribution in [1.29, 1.82) is 0 Å². The molecule has 0 spiro atoms. The van der Waals surface area contributed by atoms with Crippen LogP contribution >= 0.6 is 21.7 Å². The molecule has 0 aliphatic heterocycles. The Balaban J connectivity index is 3.21. The van der Waals surface area contributed by atoms with Crippen molar-refractivity contribution < 1.29 is 0 Å². The van der Waals surface area contributed by atoms with Crippen LogP contribution in [-0.4, -0.2) is 0 Å². The molecule has 11 heavy (non-hydrogen) atoms. The molecule has 0 nitrogen and oxygen atoms in total. The highest BCUT2D eigenvalue weighted by molar-refractivity contribution is 8.21. The Morgan fingerprint density at radius 3 is 2.09 bits per heavy atom. The van der Waals surface area contributed by atoms with Crippen LogP contribution in [0.1, 0.15) is 16.7 Å². The Morgan fingerprint density at radius 1 is 1.00 bits per heavy atom. The van der Waals surface area contributed by atoms with Crippen molar-refractivity contribution in [1.82, 2.24) is 0 Å². The van der Waals surface area contributed by atoms with Crippen LogP contribution < -0.4 is 0 Å². The van der Waals surface area contributed by atoms with E-state index in [-0.39, 0.29) is 0 Å². The second-order valence-corrected chi connectivity index (χ2v) is 3.84. The zero-order valence-electron chi connectivity index (χ0n) is 6.94. The summed E-state index contributed by atoms with van der Waals surface area (Å²) in [5.74, 6) is 0. The summed E-state index contributed by atoms with van der Waals surface area (Å²) in [7, 11) is 6.96. The fraction of sp³-hybridized carbons (Fsp3) is 0.333. The minimum Gasteiger partial charge on any atom is -0.0550 e. The summed E-state index contributed by atoms with van der Waals surface area (Å²) in [6.45, 7) is 6.30. The molecular weight excluding hydrogens is 176 g/mol. The van der Waals surface area contributed by atoms with Gasteiger partial charge >= 0.3 is 0 Å². The van der Waals surface area contributed by atoms with E-state index in [9.17, 15) is 0 Å². The highest BCUT2D eigenvalue weighted by Gasteiger charge is 2.00. The molecule has 0 atom stereocenters. The highest BCUT2D eigenvalue weighted by atomic mass is 35.7. The lowest BCUT2D eigenvalue weighted by Crippen LogP contribution is -1.84. The van der Waals surface area contributed by atoms with Gasteiger partial charge < -0.3 is 0 Å². The summed E-state index contributed by atoms with van der Waals surface area (Å²) in [5, 5.41) is 0. The van der Waals surface area contributed by atoms with Gasteiger partial charge in [-0.3, -0.25) is 0 Å². The molecule has 0 aromatic heterocycles. The second kappa shape index (κ2) is 3.51. The van der Waals surface area contributed by atoms with E-state index >= 15 is 0 Å². The number of halogens is 1. The topological polar surface area (TPSA) is 0 Å². The Kier molecular flexibility index (Phi) is 2.85.